The predicted molar refractivity (Wildman–Crippen MR) is 112 cm³/mol. The van der Waals surface area contributed by atoms with Crippen LogP contribution in [0.5, 0.6) is 0 Å². The molecule has 0 aromatic heterocycles. The number of carboxylic acid groups (broad SMARTS) is 1. The standard InChI is InChI=1S/C22H33NO5S/c1-15(2)10-19-11-17(8-9-23(19)22(24)25)21-12-18(21)14-28-13-16-4-6-20(7-5-16)29(3,26)27/h4-7,15,17-19,21H,8-14H2,1-3H3,(H,24,25)/t17?,18-,19?,21+/m0/s1. The Labute approximate surface area is 174 Å². The third kappa shape index (κ3) is 5.95. The molecule has 1 heterocycles. The molecule has 7 heteroatoms. The zero-order valence-corrected chi connectivity index (χ0v) is 18.4. The number of hydrogen-bond donors (Lipinski definition) is 1. The van der Waals surface area contributed by atoms with Gasteiger partial charge in [0.1, 0.15) is 0 Å². The molecule has 1 aliphatic carbocycles. The Morgan fingerprint density at radius 1 is 1.24 bits per heavy atom. The van der Waals surface area contributed by atoms with Crippen molar-refractivity contribution < 1.29 is 23.1 Å². The molecule has 1 amide bonds. The number of sulfone groups is 1. The lowest BCUT2D eigenvalue weighted by Gasteiger charge is -2.39. The molecular weight excluding hydrogens is 390 g/mol. The number of rotatable bonds is 8. The first kappa shape index (κ1) is 22.1. The molecule has 162 valence electrons. The fourth-order valence-corrected chi connectivity index (χ4v) is 5.32. The van der Waals surface area contributed by atoms with Gasteiger partial charge in [-0.15, -0.1) is 0 Å². The van der Waals surface area contributed by atoms with E-state index in [9.17, 15) is 18.3 Å². The Kier molecular flexibility index (Phi) is 6.89. The summed E-state index contributed by atoms with van der Waals surface area (Å²) >= 11 is 0. The summed E-state index contributed by atoms with van der Waals surface area (Å²) in [4.78, 5) is 13.5. The summed E-state index contributed by atoms with van der Waals surface area (Å²) in [7, 11) is -3.17. The normalized spacial score (nSPS) is 27.2. The maximum absolute atomic E-state index is 11.5. The van der Waals surface area contributed by atoms with Crippen molar-refractivity contribution in [2.45, 2.75) is 57.1 Å². The fraction of sp³-hybridized carbons (Fsp3) is 0.682. The highest BCUT2D eigenvalue weighted by atomic mass is 32.2. The molecule has 1 aromatic carbocycles. The molecule has 3 rings (SSSR count). The molecule has 2 aliphatic rings. The van der Waals surface area contributed by atoms with Gasteiger partial charge >= 0.3 is 6.09 Å². The van der Waals surface area contributed by atoms with Crippen molar-refractivity contribution in [2.75, 3.05) is 19.4 Å². The van der Waals surface area contributed by atoms with Crippen LogP contribution >= 0.6 is 0 Å². The van der Waals surface area contributed by atoms with E-state index in [1.54, 1.807) is 29.2 Å². The molecule has 0 spiro atoms. The van der Waals surface area contributed by atoms with Gasteiger partial charge in [0.05, 0.1) is 18.1 Å². The predicted octanol–water partition coefficient (Wildman–Crippen LogP) is 4.05. The number of ether oxygens (including phenoxy) is 1. The third-order valence-corrected chi connectivity index (χ3v) is 7.41. The maximum atomic E-state index is 11.5. The second kappa shape index (κ2) is 9.04. The molecule has 29 heavy (non-hydrogen) atoms. The Bertz CT molecular complexity index is 805. The monoisotopic (exact) mass is 423 g/mol. The van der Waals surface area contributed by atoms with Crippen molar-refractivity contribution in [3.63, 3.8) is 0 Å². The third-order valence-electron chi connectivity index (χ3n) is 6.28. The second-order valence-electron chi connectivity index (χ2n) is 9.13. The zero-order chi connectivity index (χ0) is 21.2. The van der Waals surface area contributed by atoms with Crippen molar-refractivity contribution in [2.24, 2.45) is 23.7 Å². The number of carbonyl (C=O) groups is 1. The summed E-state index contributed by atoms with van der Waals surface area (Å²) in [6.45, 7) is 6.15. The molecule has 6 nitrogen and oxygen atoms in total. The highest BCUT2D eigenvalue weighted by molar-refractivity contribution is 7.90. The molecule has 4 atom stereocenters. The molecule has 1 N–H and O–H groups in total. The van der Waals surface area contributed by atoms with Crippen molar-refractivity contribution in [3.05, 3.63) is 29.8 Å². The van der Waals surface area contributed by atoms with Gasteiger partial charge < -0.3 is 14.7 Å². The smallest absolute Gasteiger partial charge is 0.407 e. The highest BCUT2D eigenvalue weighted by Crippen LogP contribution is 2.49. The number of likely N-dealkylation sites (tertiary alicyclic amines) is 1. The summed E-state index contributed by atoms with van der Waals surface area (Å²) in [5, 5.41) is 9.47. The summed E-state index contributed by atoms with van der Waals surface area (Å²) < 4.78 is 28.9. The topological polar surface area (TPSA) is 83.9 Å². The van der Waals surface area contributed by atoms with E-state index < -0.39 is 15.9 Å². The number of nitrogens with zero attached hydrogens (tertiary/aromatic N) is 1. The van der Waals surface area contributed by atoms with Crippen LogP contribution in [-0.4, -0.2) is 50.0 Å². The molecule has 2 unspecified atom stereocenters. The number of amides is 1. The van der Waals surface area contributed by atoms with Crippen LogP contribution in [0.1, 0.15) is 45.1 Å². The number of piperidine rings is 1. The molecular formula is C22H33NO5S. The number of hydrogen-bond acceptors (Lipinski definition) is 4. The van der Waals surface area contributed by atoms with Gasteiger partial charge in [-0.1, -0.05) is 26.0 Å². The van der Waals surface area contributed by atoms with E-state index in [0.29, 0.717) is 48.3 Å². The fourth-order valence-electron chi connectivity index (χ4n) is 4.69. The lowest BCUT2D eigenvalue weighted by atomic mass is 9.83. The zero-order valence-electron chi connectivity index (χ0n) is 17.6. The Hall–Kier alpha value is -1.60. The van der Waals surface area contributed by atoms with Gasteiger partial charge in [0.25, 0.3) is 0 Å². The molecule has 1 aliphatic heterocycles. The largest absolute Gasteiger partial charge is 0.465 e. The van der Waals surface area contributed by atoms with Crippen LogP contribution in [0, 0.1) is 23.7 Å². The molecule has 0 bridgehead atoms. The SMILES string of the molecule is CC(C)CC1CC([C@H]2C[C@H]2COCc2ccc(S(C)(=O)=O)cc2)CCN1C(=O)O. The average molecular weight is 424 g/mol. The van der Waals surface area contributed by atoms with Gasteiger partial charge in [-0.2, -0.15) is 0 Å². The van der Waals surface area contributed by atoms with Gasteiger partial charge in [-0.05, 0) is 67.1 Å². The minimum atomic E-state index is -3.17. The summed E-state index contributed by atoms with van der Waals surface area (Å²) in [6.07, 6.45) is 4.44. The minimum absolute atomic E-state index is 0.141. The Morgan fingerprint density at radius 3 is 2.52 bits per heavy atom. The van der Waals surface area contributed by atoms with Crippen LogP contribution in [0.2, 0.25) is 0 Å². The minimum Gasteiger partial charge on any atom is -0.465 e. The van der Waals surface area contributed by atoms with Crippen LogP contribution in [-0.2, 0) is 21.2 Å². The lowest BCUT2D eigenvalue weighted by molar-refractivity contribution is 0.0690. The summed E-state index contributed by atoms with van der Waals surface area (Å²) in [6, 6.07) is 7.00. The molecule has 2 fully saturated rings. The molecule has 0 radical (unpaired) electrons. The van der Waals surface area contributed by atoms with Crippen LogP contribution in [0.25, 0.3) is 0 Å². The van der Waals surface area contributed by atoms with Crippen molar-refractivity contribution >= 4 is 15.9 Å². The first-order valence-corrected chi connectivity index (χ1v) is 12.4. The van der Waals surface area contributed by atoms with Gasteiger partial charge in [-0.25, -0.2) is 13.2 Å². The van der Waals surface area contributed by atoms with Crippen LogP contribution in [0.4, 0.5) is 4.79 Å². The van der Waals surface area contributed by atoms with Crippen molar-refractivity contribution in [1.82, 2.24) is 4.90 Å². The second-order valence-corrected chi connectivity index (χ2v) is 11.2. The first-order valence-electron chi connectivity index (χ1n) is 10.5. The first-order chi connectivity index (χ1) is 13.6. The average Bonchev–Trinajstić information content (AvgIpc) is 3.40. The lowest BCUT2D eigenvalue weighted by Crippen LogP contribution is -2.46. The van der Waals surface area contributed by atoms with Crippen LogP contribution < -0.4 is 0 Å². The van der Waals surface area contributed by atoms with Gasteiger partial charge in [0, 0.05) is 18.8 Å². The van der Waals surface area contributed by atoms with E-state index in [1.807, 2.05) is 0 Å². The van der Waals surface area contributed by atoms with Gasteiger partial charge in [-0.3, -0.25) is 0 Å². The molecule has 1 saturated carbocycles. The van der Waals surface area contributed by atoms with E-state index in [4.69, 9.17) is 4.74 Å². The van der Waals surface area contributed by atoms with E-state index in [0.717, 1.165) is 24.8 Å². The molecule has 1 aromatic rings. The van der Waals surface area contributed by atoms with Crippen molar-refractivity contribution in [1.29, 1.82) is 0 Å². The van der Waals surface area contributed by atoms with Crippen LogP contribution in [0.3, 0.4) is 0 Å². The highest BCUT2D eigenvalue weighted by Gasteiger charge is 2.46. The summed E-state index contributed by atoms with van der Waals surface area (Å²) in [5.74, 6) is 2.30. The van der Waals surface area contributed by atoms with E-state index in [-0.39, 0.29) is 6.04 Å². The summed E-state index contributed by atoms with van der Waals surface area (Å²) in [5.41, 5.74) is 0.973. The van der Waals surface area contributed by atoms with E-state index in [2.05, 4.69) is 13.8 Å². The Balaban J connectivity index is 1.44. The van der Waals surface area contributed by atoms with Gasteiger partial charge in [0.15, 0.2) is 9.84 Å². The van der Waals surface area contributed by atoms with E-state index >= 15 is 0 Å². The Morgan fingerprint density at radius 2 is 1.93 bits per heavy atom. The quantitative estimate of drug-likeness (QED) is 0.682. The molecule has 1 saturated heterocycles. The van der Waals surface area contributed by atoms with Gasteiger partial charge in [0.2, 0.25) is 0 Å². The van der Waals surface area contributed by atoms with E-state index in [1.165, 1.54) is 12.7 Å². The maximum Gasteiger partial charge on any atom is 0.407 e. The number of benzene rings is 1. The van der Waals surface area contributed by atoms with Crippen molar-refractivity contribution in [3.8, 4) is 0 Å². The van der Waals surface area contributed by atoms with Crippen LogP contribution in [0.15, 0.2) is 29.2 Å².